The molecule has 0 aliphatic carbocycles. The normalized spacial score (nSPS) is 22.9. The van der Waals surface area contributed by atoms with E-state index in [0.717, 1.165) is 12.8 Å². The van der Waals surface area contributed by atoms with Gasteiger partial charge in [0.25, 0.3) is 5.91 Å². The molecule has 0 aromatic carbocycles. The van der Waals surface area contributed by atoms with Crippen molar-refractivity contribution in [2.75, 3.05) is 45.6 Å². The summed E-state index contributed by atoms with van der Waals surface area (Å²) in [4.78, 5) is 14.1. The molecule has 2 fully saturated rings. The summed E-state index contributed by atoms with van der Waals surface area (Å²) in [6.07, 6.45) is 4.27. The summed E-state index contributed by atoms with van der Waals surface area (Å²) < 4.78 is 30.9. The zero-order valence-electron chi connectivity index (χ0n) is 13.2. The minimum Gasteiger partial charge on any atom is -0.379 e. The Kier molecular flexibility index (Phi) is 4.43. The zero-order valence-corrected chi connectivity index (χ0v) is 14.0. The van der Waals surface area contributed by atoms with Crippen LogP contribution < -0.4 is 0 Å². The molecule has 0 radical (unpaired) electrons. The predicted octanol–water partition coefficient (Wildman–Crippen LogP) is -0.0761. The molecule has 3 rings (SSSR count). The van der Waals surface area contributed by atoms with E-state index in [0.29, 0.717) is 45.1 Å². The van der Waals surface area contributed by atoms with E-state index >= 15 is 0 Å². The molecule has 9 heteroatoms. The standard InChI is InChI=1S/C14H22N4O4S/c1-23(20,21)18-8-9-22-11-14(10-18)3-6-17(7-4-14)13(19)12-2-5-15-16-12/h2,5H,3-4,6-11H2,1H3,(H,15,16). The molecular formula is C14H22N4O4S. The lowest BCUT2D eigenvalue weighted by molar-refractivity contribution is 0.0177. The molecule has 2 aliphatic heterocycles. The summed E-state index contributed by atoms with van der Waals surface area (Å²) in [7, 11) is -3.23. The van der Waals surface area contributed by atoms with Gasteiger partial charge < -0.3 is 9.64 Å². The second kappa shape index (κ2) is 6.21. The third kappa shape index (κ3) is 3.56. The lowest BCUT2D eigenvalue weighted by Gasteiger charge is -2.42. The van der Waals surface area contributed by atoms with Gasteiger partial charge in [-0.05, 0) is 18.9 Å². The Morgan fingerprint density at radius 2 is 2.09 bits per heavy atom. The molecule has 128 valence electrons. The van der Waals surface area contributed by atoms with Crippen molar-refractivity contribution in [2.24, 2.45) is 5.41 Å². The summed E-state index contributed by atoms with van der Waals surface area (Å²) in [6.45, 7) is 3.03. The smallest absolute Gasteiger partial charge is 0.271 e. The molecular weight excluding hydrogens is 320 g/mol. The number of carbonyl (C=O) groups excluding carboxylic acids is 1. The highest BCUT2D eigenvalue weighted by Crippen LogP contribution is 2.35. The van der Waals surface area contributed by atoms with Crippen LogP contribution in [-0.2, 0) is 14.8 Å². The fraction of sp³-hybridized carbons (Fsp3) is 0.714. The maximum absolute atomic E-state index is 12.3. The molecule has 1 N–H and O–H groups in total. The molecule has 2 aliphatic rings. The van der Waals surface area contributed by atoms with Crippen LogP contribution in [0.2, 0.25) is 0 Å². The van der Waals surface area contributed by atoms with E-state index in [4.69, 9.17) is 4.74 Å². The van der Waals surface area contributed by atoms with Gasteiger partial charge in [0, 0.05) is 37.8 Å². The second-order valence-corrected chi connectivity index (χ2v) is 8.39. The Bertz CT molecular complexity index is 650. The number of nitrogens with one attached hydrogen (secondary N) is 1. The number of amides is 1. The lowest BCUT2D eigenvalue weighted by Crippen LogP contribution is -2.49. The van der Waals surface area contributed by atoms with Gasteiger partial charge in [0.2, 0.25) is 10.0 Å². The first-order valence-corrected chi connectivity index (χ1v) is 9.56. The summed E-state index contributed by atoms with van der Waals surface area (Å²) in [5.74, 6) is -0.0631. The number of sulfonamides is 1. The van der Waals surface area contributed by atoms with Gasteiger partial charge in [0.1, 0.15) is 5.69 Å². The van der Waals surface area contributed by atoms with Crippen molar-refractivity contribution >= 4 is 15.9 Å². The van der Waals surface area contributed by atoms with Crippen molar-refractivity contribution in [2.45, 2.75) is 12.8 Å². The average molecular weight is 342 g/mol. The number of aromatic amines is 1. The van der Waals surface area contributed by atoms with Crippen LogP contribution in [0.5, 0.6) is 0 Å². The van der Waals surface area contributed by atoms with Gasteiger partial charge >= 0.3 is 0 Å². The van der Waals surface area contributed by atoms with E-state index < -0.39 is 10.0 Å². The highest BCUT2D eigenvalue weighted by molar-refractivity contribution is 7.88. The van der Waals surface area contributed by atoms with Crippen molar-refractivity contribution in [3.63, 3.8) is 0 Å². The number of H-pyrrole nitrogens is 1. The molecule has 0 bridgehead atoms. The fourth-order valence-electron chi connectivity index (χ4n) is 3.27. The third-order valence-electron chi connectivity index (χ3n) is 4.72. The average Bonchev–Trinajstić information content (AvgIpc) is 2.96. The molecule has 2 saturated heterocycles. The van der Waals surface area contributed by atoms with Gasteiger partial charge in [-0.15, -0.1) is 0 Å². The van der Waals surface area contributed by atoms with Crippen molar-refractivity contribution < 1.29 is 17.9 Å². The summed E-state index contributed by atoms with van der Waals surface area (Å²) >= 11 is 0. The van der Waals surface area contributed by atoms with Crippen LogP contribution in [0.3, 0.4) is 0 Å². The minimum absolute atomic E-state index is 0.0631. The number of rotatable bonds is 2. The van der Waals surface area contributed by atoms with E-state index in [9.17, 15) is 13.2 Å². The Labute approximate surface area is 135 Å². The highest BCUT2D eigenvalue weighted by Gasteiger charge is 2.41. The van der Waals surface area contributed by atoms with E-state index in [1.807, 2.05) is 0 Å². The molecule has 0 atom stereocenters. The van der Waals surface area contributed by atoms with E-state index in [1.165, 1.54) is 10.6 Å². The monoisotopic (exact) mass is 342 g/mol. The minimum atomic E-state index is -3.23. The number of hydrogen-bond acceptors (Lipinski definition) is 5. The largest absolute Gasteiger partial charge is 0.379 e. The first kappa shape index (κ1) is 16.4. The molecule has 3 heterocycles. The van der Waals surface area contributed by atoms with E-state index in [1.54, 1.807) is 17.2 Å². The molecule has 1 aromatic heterocycles. The molecule has 0 saturated carbocycles. The third-order valence-corrected chi connectivity index (χ3v) is 5.97. The van der Waals surface area contributed by atoms with Gasteiger partial charge in [-0.2, -0.15) is 9.40 Å². The fourth-order valence-corrected chi connectivity index (χ4v) is 4.18. The van der Waals surface area contributed by atoms with Crippen LogP contribution in [0.4, 0.5) is 0 Å². The van der Waals surface area contributed by atoms with Gasteiger partial charge in [-0.25, -0.2) is 8.42 Å². The number of carbonyl (C=O) groups is 1. The van der Waals surface area contributed by atoms with Crippen LogP contribution in [0.15, 0.2) is 12.3 Å². The Morgan fingerprint density at radius 1 is 1.35 bits per heavy atom. The van der Waals surface area contributed by atoms with Crippen LogP contribution in [0.1, 0.15) is 23.3 Å². The van der Waals surface area contributed by atoms with Crippen LogP contribution in [-0.4, -0.2) is 79.4 Å². The Morgan fingerprint density at radius 3 is 2.70 bits per heavy atom. The number of likely N-dealkylation sites (tertiary alicyclic amines) is 1. The van der Waals surface area contributed by atoms with Crippen molar-refractivity contribution in [3.05, 3.63) is 18.0 Å². The van der Waals surface area contributed by atoms with E-state index in [-0.39, 0.29) is 11.3 Å². The van der Waals surface area contributed by atoms with Crippen molar-refractivity contribution in [3.8, 4) is 0 Å². The van der Waals surface area contributed by atoms with E-state index in [2.05, 4.69) is 10.2 Å². The number of nitrogens with zero attached hydrogens (tertiary/aromatic N) is 3. The maximum atomic E-state index is 12.3. The molecule has 0 unspecified atom stereocenters. The SMILES string of the molecule is CS(=O)(=O)N1CCOCC2(CCN(C(=O)c3ccn[nH]3)CC2)C1. The summed E-state index contributed by atoms with van der Waals surface area (Å²) in [5.41, 5.74) is 0.278. The maximum Gasteiger partial charge on any atom is 0.271 e. The molecule has 1 spiro atoms. The zero-order chi connectivity index (χ0) is 16.5. The molecule has 23 heavy (non-hydrogen) atoms. The first-order chi connectivity index (χ1) is 10.9. The number of hydrogen-bond donors (Lipinski definition) is 1. The number of ether oxygens (including phenoxy) is 1. The Balaban J connectivity index is 1.68. The highest BCUT2D eigenvalue weighted by atomic mass is 32.2. The summed E-state index contributed by atoms with van der Waals surface area (Å²) in [6, 6.07) is 1.66. The second-order valence-electron chi connectivity index (χ2n) is 6.41. The van der Waals surface area contributed by atoms with Crippen LogP contribution >= 0.6 is 0 Å². The molecule has 8 nitrogen and oxygen atoms in total. The van der Waals surface area contributed by atoms with Crippen LogP contribution in [0, 0.1) is 5.41 Å². The topological polar surface area (TPSA) is 95.6 Å². The van der Waals surface area contributed by atoms with Gasteiger partial charge in [0.15, 0.2) is 0 Å². The van der Waals surface area contributed by atoms with Gasteiger partial charge in [-0.1, -0.05) is 0 Å². The molecule has 1 aromatic rings. The number of aromatic nitrogens is 2. The predicted molar refractivity (Wildman–Crippen MR) is 83.4 cm³/mol. The van der Waals surface area contributed by atoms with Crippen molar-refractivity contribution in [1.29, 1.82) is 0 Å². The lowest BCUT2D eigenvalue weighted by atomic mass is 9.79. The quantitative estimate of drug-likeness (QED) is 0.811. The number of piperidine rings is 1. The molecule has 1 amide bonds. The van der Waals surface area contributed by atoms with Gasteiger partial charge in [0.05, 0.1) is 19.5 Å². The van der Waals surface area contributed by atoms with Crippen molar-refractivity contribution in [1.82, 2.24) is 19.4 Å². The summed E-state index contributed by atoms with van der Waals surface area (Å²) in [5, 5.41) is 6.49. The first-order valence-electron chi connectivity index (χ1n) is 7.71. The van der Waals surface area contributed by atoms with Crippen LogP contribution in [0.25, 0.3) is 0 Å². The van der Waals surface area contributed by atoms with Gasteiger partial charge in [-0.3, -0.25) is 9.89 Å². The Hall–Kier alpha value is -1.45.